The second-order valence-corrected chi connectivity index (χ2v) is 6.01. The lowest BCUT2D eigenvalue weighted by molar-refractivity contribution is 0.479. The van der Waals surface area contributed by atoms with Gasteiger partial charge in [-0.15, -0.1) is 0 Å². The van der Waals surface area contributed by atoms with E-state index in [2.05, 4.69) is 4.98 Å². The van der Waals surface area contributed by atoms with Crippen molar-refractivity contribution in [3.05, 3.63) is 58.8 Å². The second kappa shape index (κ2) is 4.35. The maximum Gasteiger partial charge on any atom is 0.180 e. The van der Waals surface area contributed by atoms with E-state index in [9.17, 15) is 9.90 Å². The van der Waals surface area contributed by atoms with E-state index in [0.717, 1.165) is 38.4 Å². The molecule has 0 fully saturated rings. The molecular formula is C19H13N3O2. The molecule has 116 valence electrons. The van der Waals surface area contributed by atoms with Crippen LogP contribution in [-0.2, 0) is 7.05 Å². The van der Waals surface area contributed by atoms with E-state index in [0.29, 0.717) is 5.52 Å². The number of para-hydroxylation sites is 2. The van der Waals surface area contributed by atoms with Gasteiger partial charge in [0.05, 0.1) is 33.1 Å². The first-order valence-electron chi connectivity index (χ1n) is 7.66. The van der Waals surface area contributed by atoms with Gasteiger partial charge in [-0.2, -0.15) is 0 Å². The molecule has 0 unspecified atom stereocenters. The van der Waals surface area contributed by atoms with Gasteiger partial charge >= 0.3 is 0 Å². The van der Waals surface area contributed by atoms with Crippen LogP contribution in [0.4, 0.5) is 0 Å². The summed E-state index contributed by atoms with van der Waals surface area (Å²) < 4.78 is 1.84. The molecule has 0 aliphatic rings. The van der Waals surface area contributed by atoms with Gasteiger partial charge in [-0.25, -0.2) is 4.98 Å². The zero-order valence-electron chi connectivity index (χ0n) is 12.9. The minimum Gasteiger partial charge on any atom is -0.506 e. The average Bonchev–Trinajstić information content (AvgIpc) is 2.87. The summed E-state index contributed by atoms with van der Waals surface area (Å²) in [5, 5.41) is 12.3. The number of phenols is 1. The van der Waals surface area contributed by atoms with Crippen molar-refractivity contribution in [1.29, 1.82) is 0 Å². The first-order chi connectivity index (χ1) is 11.6. The fourth-order valence-corrected chi connectivity index (χ4v) is 3.52. The van der Waals surface area contributed by atoms with Gasteiger partial charge in [0.15, 0.2) is 5.43 Å². The molecule has 0 saturated heterocycles. The Hall–Kier alpha value is -3.34. The number of nitrogens with one attached hydrogen (secondary N) is 1. The van der Waals surface area contributed by atoms with Crippen LogP contribution in [0.15, 0.2) is 53.3 Å². The Balaban J connectivity index is 2.13. The third-order valence-electron chi connectivity index (χ3n) is 4.59. The highest BCUT2D eigenvalue weighted by Gasteiger charge is 2.17. The highest BCUT2D eigenvalue weighted by atomic mass is 16.3. The van der Waals surface area contributed by atoms with Gasteiger partial charge in [0.25, 0.3) is 0 Å². The number of aryl methyl sites for hydroxylation is 1. The van der Waals surface area contributed by atoms with Gasteiger partial charge in [0.1, 0.15) is 5.75 Å². The molecule has 0 spiro atoms. The number of H-pyrrole nitrogens is 1. The molecule has 5 nitrogen and oxygen atoms in total. The number of aromatic amines is 1. The number of fused-ring (bicyclic) bond motifs is 6. The molecule has 0 bridgehead atoms. The maximum atomic E-state index is 11.7. The summed E-state index contributed by atoms with van der Waals surface area (Å²) in [6, 6.07) is 14.4. The highest BCUT2D eigenvalue weighted by molar-refractivity contribution is 6.21. The topological polar surface area (TPSA) is 70.9 Å². The molecule has 0 aliphatic carbocycles. The molecule has 5 heteroatoms. The first kappa shape index (κ1) is 13.1. The average molecular weight is 315 g/mol. The summed E-state index contributed by atoms with van der Waals surface area (Å²) in [6.07, 6.45) is 0. The SMILES string of the molecule is Cn1c2cc(=O)ccc2c2c3nc4ccccc4[nH]c3cc(O)c21. The van der Waals surface area contributed by atoms with Crippen LogP contribution in [0.5, 0.6) is 5.75 Å². The van der Waals surface area contributed by atoms with Crippen LogP contribution in [0.3, 0.4) is 0 Å². The second-order valence-electron chi connectivity index (χ2n) is 6.01. The Bertz CT molecular complexity index is 1350. The summed E-state index contributed by atoms with van der Waals surface area (Å²) in [6.45, 7) is 0. The van der Waals surface area contributed by atoms with Crippen LogP contribution < -0.4 is 5.43 Å². The first-order valence-corrected chi connectivity index (χ1v) is 7.66. The number of nitrogens with zero attached hydrogens (tertiary/aromatic N) is 2. The Morgan fingerprint density at radius 2 is 1.92 bits per heavy atom. The Labute approximate surface area is 135 Å². The third kappa shape index (κ3) is 1.58. The standard InChI is InChI=1S/C19H13N3O2/c1-22-15-8-10(23)6-7-11(15)17-18-14(9-16(24)19(17)22)20-12-4-2-3-5-13(12)21-18/h2-9,20,24H,1H3. The van der Waals surface area contributed by atoms with Gasteiger partial charge in [-0.3, -0.25) is 4.79 Å². The van der Waals surface area contributed by atoms with Crippen molar-refractivity contribution in [3.63, 3.8) is 0 Å². The summed E-state index contributed by atoms with van der Waals surface area (Å²) in [5.74, 6) is 0.164. The van der Waals surface area contributed by atoms with Gasteiger partial charge in [0, 0.05) is 30.0 Å². The van der Waals surface area contributed by atoms with E-state index >= 15 is 0 Å². The molecule has 0 saturated carbocycles. The summed E-state index contributed by atoms with van der Waals surface area (Å²) in [7, 11) is 1.85. The minimum absolute atomic E-state index is 0.0535. The van der Waals surface area contributed by atoms with Crippen LogP contribution in [0, 0.1) is 0 Å². The summed E-state index contributed by atoms with van der Waals surface area (Å²) >= 11 is 0. The predicted octanol–water partition coefficient (Wildman–Crippen LogP) is 3.43. The molecule has 3 aromatic carbocycles. The lowest BCUT2D eigenvalue weighted by Gasteiger charge is -2.06. The van der Waals surface area contributed by atoms with Crippen molar-refractivity contribution in [2.45, 2.75) is 0 Å². The lowest BCUT2D eigenvalue weighted by Crippen LogP contribution is -1.96. The molecule has 0 amide bonds. The van der Waals surface area contributed by atoms with Crippen LogP contribution in [-0.4, -0.2) is 19.6 Å². The molecule has 0 radical (unpaired) electrons. The normalized spacial score (nSPS) is 11.9. The number of aromatic nitrogens is 3. The zero-order chi connectivity index (χ0) is 16.4. The Morgan fingerprint density at radius 1 is 1.08 bits per heavy atom. The minimum atomic E-state index is -0.0535. The van der Waals surface area contributed by atoms with E-state index in [4.69, 9.17) is 4.98 Å². The largest absolute Gasteiger partial charge is 0.506 e. The van der Waals surface area contributed by atoms with Gasteiger partial charge < -0.3 is 14.7 Å². The summed E-state index contributed by atoms with van der Waals surface area (Å²) in [5.41, 5.74) is 4.72. The van der Waals surface area contributed by atoms with E-state index in [-0.39, 0.29) is 11.2 Å². The number of rotatable bonds is 0. The molecule has 0 aliphatic heterocycles. The van der Waals surface area contributed by atoms with E-state index in [1.54, 1.807) is 24.3 Å². The Kier molecular flexibility index (Phi) is 2.38. The van der Waals surface area contributed by atoms with E-state index in [1.165, 1.54) is 0 Å². The molecule has 2 heterocycles. The highest BCUT2D eigenvalue weighted by Crippen LogP contribution is 2.38. The fourth-order valence-electron chi connectivity index (χ4n) is 3.52. The number of phenolic OH excluding ortho intramolecular Hbond substituents is 1. The quantitative estimate of drug-likeness (QED) is 0.430. The van der Waals surface area contributed by atoms with Gasteiger partial charge in [0.2, 0.25) is 0 Å². The fraction of sp³-hybridized carbons (Fsp3) is 0.0526. The van der Waals surface area contributed by atoms with Crippen LogP contribution >= 0.6 is 0 Å². The van der Waals surface area contributed by atoms with E-state index < -0.39 is 0 Å². The lowest BCUT2D eigenvalue weighted by atomic mass is 10.1. The number of hydrogen-bond donors (Lipinski definition) is 2. The van der Waals surface area contributed by atoms with Gasteiger partial charge in [-0.05, 0) is 24.3 Å². The monoisotopic (exact) mass is 315 g/mol. The predicted molar refractivity (Wildman–Crippen MR) is 95.5 cm³/mol. The molecule has 24 heavy (non-hydrogen) atoms. The maximum absolute atomic E-state index is 11.7. The third-order valence-corrected chi connectivity index (χ3v) is 4.59. The number of aromatic hydroxyl groups is 1. The smallest absolute Gasteiger partial charge is 0.180 e. The number of hydrogen-bond acceptors (Lipinski definition) is 3. The summed E-state index contributed by atoms with van der Waals surface area (Å²) in [4.78, 5) is 19.9. The van der Waals surface area contributed by atoms with Crippen LogP contribution in [0.2, 0.25) is 0 Å². The number of benzene rings is 3. The zero-order valence-corrected chi connectivity index (χ0v) is 12.9. The molecule has 0 atom stereocenters. The van der Waals surface area contributed by atoms with Crippen molar-refractivity contribution < 1.29 is 5.11 Å². The van der Waals surface area contributed by atoms with Crippen molar-refractivity contribution in [2.24, 2.45) is 7.05 Å². The van der Waals surface area contributed by atoms with Crippen molar-refractivity contribution in [1.82, 2.24) is 14.5 Å². The molecule has 5 rings (SSSR count). The van der Waals surface area contributed by atoms with E-state index in [1.807, 2.05) is 35.9 Å². The van der Waals surface area contributed by atoms with Crippen LogP contribution in [0.25, 0.3) is 43.9 Å². The molecule has 2 N–H and O–H groups in total. The van der Waals surface area contributed by atoms with Crippen LogP contribution in [0.1, 0.15) is 0 Å². The molecular weight excluding hydrogens is 302 g/mol. The van der Waals surface area contributed by atoms with Gasteiger partial charge in [-0.1, -0.05) is 12.1 Å². The Morgan fingerprint density at radius 3 is 2.79 bits per heavy atom. The molecule has 2 aromatic heterocycles. The molecule has 5 aromatic rings. The van der Waals surface area contributed by atoms with Crippen molar-refractivity contribution in [2.75, 3.05) is 0 Å². The van der Waals surface area contributed by atoms with Crippen molar-refractivity contribution in [3.8, 4) is 5.75 Å². The van der Waals surface area contributed by atoms with Crippen molar-refractivity contribution >= 4 is 43.9 Å².